The highest BCUT2D eigenvalue weighted by molar-refractivity contribution is 6.04. The first kappa shape index (κ1) is 12.6. The predicted octanol–water partition coefficient (Wildman–Crippen LogP) is 0.545. The fourth-order valence-corrected chi connectivity index (χ4v) is 2.03. The molecule has 0 aliphatic carbocycles. The molecule has 5 heteroatoms. The minimum atomic E-state index is -0.677. The highest BCUT2D eigenvalue weighted by Crippen LogP contribution is 2.27. The van der Waals surface area contributed by atoms with E-state index < -0.39 is 6.10 Å². The summed E-state index contributed by atoms with van der Waals surface area (Å²) in [6.07, 6.45) is -0.677. The number of carbonyl (C=O) groups is 2. The van der Waals surface area contributed by atoms with Crippen LogP contribution in [0.15, 0.2) is 24.3 Å². The van der Waals surface area contributed by atoms with Crippen LogP contribution in [-0.2, 0) is 9.59 Å². The van der Waals surface area contributed by atoms with Crippen molar-refractivity contribution < 1.29 is 14.7 Å². The minimum absolute atomic E-state index is 0.0269. The summed E-state index contributed by atoms with van der Waals surface area (Å²) < 4.78 is 0. The van der Waals surface area contributed by atoms with Crippen LogP contribution in [0.4, 0.5) is 5.69 Å². The van der Waals surface area contributed by atoms with E-state index in [4.69, 9.17) is 0 Å². The molecule has 0 spiro atoms. The van der Waals surface area contributed by atoms with Crippen LogP contribution < -0.4 is 4.90 Å². The fraction of sp³-hybridized carbons (Fsp3) is 0.385. The zero-order valence-corrected chi connectivity index (χ0v) is 10.5. The molecule has 5 nitrogen and oxygen atoms in total. The van der Waals surface area contributed by atoms with Gasteiger partial charge in [0, 0.05) is 12.6 Å². The number of aliphatic hydroxyl groups is 1. The van der Waals surface area contributed by atoms with E-state index in [2.05, 4.69) is 0 Å². The Morgan fingerprint density at radius 3 is 2.50 bits per heavy atom. The van der Waals surface area contributed by atoms with Crippen LogP contribution in [0.5, 0.6) is 0 Å². The minimum Gasteiger partial charge on any atom is -0.389 e. The third-order valence-corrected chi connectivity index (χ3v) is 3.07. The van der Waals surface area contributed by atoms with Crippen LogP contribution in [0, 0.1) is 0 Å². The Bertz CT molecular complexity index is 485. The van der Waals surface area contributed by atoms with Gasteiger partial charge < -0.3 is 14.9 Å². The number of para-hydroxylation sites is 1. The molecule has 1 saturated heterocycles. The number of carbonyl (C=O) groups excluding carboxylic acids is 2. The lowest BCUT2D eigenvalue weighted by molar-refractivity contribution is -0.136. The van der Waals surface area contributed by atoms with Crippen LogP contribution in [0.25, 0.3) is 0 Å². The third kappa shape index (κ3) is 2.22. The first-order chi connectivity index (χ1) is 8.50. The molecule has 0 radical (unpaired) electrons. The molecule has 1 aliphatic heterocycles. The Balaban J connectivity index is 2.37. The van der Waals surface area contributed by atoms with Crippen LogP contribution in [0.1, 0.15) is 18.6 Å². The van der Waals surface area contributed by atoms with E-state index in [9.17, 15) is 14.7 Å². The van der Waals surface area contributed by atoms with Crippen molar-refractivity contribution >= 4 is 17.5 Å². The maximum absolute atomic E-state index is 12.0. The Morgan fingerprint density at radius 2 is 1.83 bits per heavy atom. The van der Waals surface area contributed by atoms with Gasteiger partial charge in [0.2, 0.25) is 11.8 Å². The summed E-state index contributed by atoms with van der Waals surface area (Å²) in [6, 6.07) is 7.10. The van der Waals surface area contributed by atoms with Crippen molar-refractivity contribution in [2.24, 2.45) is 0 Å². The van der Waals surface area contributed by atoms with Crippen molar-refractivity contribution in [2.75, 3.05) is 25.0 Å². The number of hydrogen-bond acceptors (Lipinski definition) is 3. The molecule has 18 heavy (non-hydrogen) atoms. The highest BCUT2D eigenvalue weighted by atomic mass is 16.3. The standard InChI is InChI=1S/C13H16N2O3/c1-9(16)10-5-3-4-6-11(10)15-8-12(17)14(2)7-13(15)18/h3-6,9,16H,7-8H2,1-2H3. The predicted molar refractivity (Wildman–Crippen MR) is 67.1 cm³/mol. The summed E-state index contributed by atoms with van der Waals surface area (Å²) in [5.41, 5.74) is 1.27. The second-order valence-electron chi connectivity index (χ2n) is 4.46. The maximum Gasteiger partial charge on any atom is 0.247 e. The summed E-state index contributed by atoms with van der Waals surface area (Å²) in [5.74, 6) is -0.236. The quantitative estimate of drug-likeness (QED) is 0.831. The van der Waals surface area contributed by atoms with Crippen LogP contribution in [0.3, 0.4) is 0 Å². The normalized spacial score (nSPS) is 18.2. The Hall–Kier alpha value is -1.88. The van der Waals surface area contributed by atoms with E-state index in [0.29, 0.717) is 11.3 Å². The van der Waals surface area contributed by atoms with E-state index >= 15 is 0 Å². The van der Waals surface area contributed by atoms with E-state index in [0.717, 1.165) is 0 Å². The lowest BCUT2D eigenvalue weighted by Crippen LogP contribution is -2.52. The Labute approximate surface area is 106 Å². The van der Waals surface area contributed by atoms with Crippen LogP contribution in [0.2, 0.25) is 0 Å². The molecule has 1 unspecified atom stereocenters. The zero-order valence-electron chi connectivity index (χ0n) is 10.5. The molecule has 1 atom stereocenters. The Kier molecular flexibility index (Phi) is 3.34. The first-order valence-electron chi connectivity index (χ1n) is 5.82. The molecule has 1 N–H and O–H groups in total. The van der Waals surface area contributed by atoms with Crippen LogP contribution >= 0.6 is 0 Å². The molecule has 1 fully saturated rings. The van der Waals surface area contributed by atoms with Crippen molar-refractivity contribution in [1.82, 2.24) is 4.90 Å². The molecular formula is C13H16N2O3. The van der Waals surface area contributed by atoms with Gasteiger partial charge in [-0.1, -0.05) is 18.2 Å². The molecular weight excluding hydrogens is 232 g/mol. The van der Waals surface area contributed by atoms with Crippen LogP contribution in [-0.4, -0.2) is 42.0 Å². The third-order valence-electron chi connectivity index (χ3n) is 3.07. The second kappa shape index (κ2) is 4.78. The second-order valence-corrected chi connectivity index (χ2v) is 4.46. The molecule has 0 saturated carbocycles. The summed E-state index contributed by atoms with van der Waals surface area (Å²) in [4.78, 5) is 26.5. The number of hydrogen-bond donors (Lipinski definition) is 1. The zero-order chi connectivity index (χ0) is 13.3. The van der Waals surface area contributed by atoms with Gasteiger partial charge >= 0.3 is 0 Å². The van der Waals surface area contributed by atoms with Crippen molar-refractivity contribution in [1.29, 1.82) is 0 Å². The summed E-state index contributed by atoms with van der Waals surface area (Å²) >= 11 is 0. The lowest BCUT2D eigenvalue weighted by atomic mass is 10.1. The summed E-state index contributed by atoms with van der Waals surface area (Å²) in [7, 11) is 1.61. The summed E-state index contributed by atoms with van der Waals surface area (Å²) in [5, 5.41) is 9.71. The summed E-state index contributed by atoms with van der Waals surface area (Å²) in [6.45, 7) is 1.74. The van der Waals surface area contributed by atoms with Gasteiger partial charge in [-0.25, -0.2) is 0 Å². The number of piperazine rings is 1. The number of aliphatic hydroxyl groups excluding tert-OH is 1. The number of benzene rings is 1. The van der Waals surface area contributed by atoms with Crippen molar-refractivity contribution in [2.45, 2.75) is 13.0 Å². The smallest absolute Gasteiger partial charge is 0.247 e. The van der Waals surface area contributed by atoms with E-state index in [1.807, 2.05) is 0 Å². The molecule has 0 bridgehead atoms. The molecule has 1 heterocycles. The Morgan fingerprint density at radius 1 is 1.17 bits per heavy atom. The fourth-order valence-electron chi connectivity index (χ4n) is 2.03. The van der Waals surface area contributed by atoms with E-state index in [1.54, 1.807) is 38.2 Å². The molecule has 1 aromatic rings. The molecule has 1 aliphatic rings. The lowest BCUT2D eigenvalue weighted by Gasteiger charge is -2.33. The van der Waals surface area contributed by atoms with E-state index in [-0.39, 0.29) is 24.9 Å². The highest BCUT2D eigenvalue weighted by Gasteiger charge is 2.30. The van der Waals surface area contributed by atoms with Gasteiger partial charge in [-0.15, -0.1) is 0 Å². The van der Waals surface area contributed by atoms with Gasteiger partial charge in [0.15, 0.2) is 0 Å². The van der Waals surface area contributed by atoms with Gasteiger partial charge in [0.25, 0.3) is 0 Å². The largest absolute Gasteiger partial charge is 0.389 e. The number of nitrogens with zero attached hydrogens (tertiary/aromatic N) is 2. The SMILES string of the molecule is CC(O)c1ccccc1N1CC(=O)N(C)CC1=O. The number of rotatable bonds is 2. The number of amides is 2. The van der Waals surface area contributed by atoms with Gasteiger partial charge in [0.1, 0.15) is 6.54 Å². The molecule has 0 aromatic heterocycles. The van der Waals surface area contributed by atoms with Gasteiger partial charge in [0.05, 0.1) is 18.3 Å². The monoisotopic (exact) mass is 248 g/mol. The average Bonchev–Trinajstić information content (AvgIpc) is 2.34. The molecule has 96 valence electrons. The van der Waals surface area contributed by atoms with E-state index in [1.165, 1.54) is 9.80 Å². The van der Waals surface area contributed by atoms with Gasteiger partial charge in [-0.2, -0.15) is 0 Å². The first-order valence-corrected chi connectivity index (χ1v) is 5.82. The number of anilines is 1. The van der Waals surface area contributed by atoms with Crippen molar-refractivity contribution in [3.05, 3.63) is 29.8 Å². The topological polar surface area (TPSA) is 60.9 Å². The molecule has 2 amide bonds. The number of likely N-dealkylation sites (N-methyl/N-ethyl adjacent to an activating group) is 1. The molecule has 1 aromatic carbocycles. The van der Waals surface area contributed by atoms with Gasteiger partial charge in [-0.05, 0) is 13.0 Å². The average molecular weight is 248 g/mol. The molecule has 2 rings (SSSR count). The van der Waals surface area contributed by atoms with Crippen molar-refractivity contribution in [3.63, 3.8) is 0 Å². The van der Waals surface area contributed by atoms with Crippen molar-refractivity contribution in [3.8, 4) is 0 Å². The maximum atomic E-state index is 12.0. The van der Waals surface area contributed by atoms with Gasteiger partial charge in [-0.3, -0.25) is 9.59 Å².